The molecule has 0 radical (unpaired) electrons. The van der Waals surface area contributed by atoms with Gasteiger partial charge in [0.15, 0.2) is 5.89 Å². The summed E-state index contributed by atoms with van der Waals surface area (Å²) >= 11 is 0. The third kappa shape index (κ3) is 4.53. The van der Waals surface area contributed by atoms with E-state index in [-0.39, 0.29) is 11.7 Å². The second-order valence-corrected chi connectivity index (χ2v) is 6.16. The number of hydrogen-bond acceptors (Lipinski definition) is 5. The van der Waals surface area contributed by atoms with Gasteiger partial charge in [0.2, 0.25) is 11.5 Å². The van der Waals surface area contributed by atoms with Gasteiger partial charge in [-0.1, -0.05) is 44.2 Å². The second-order valence-electron chi connectivity index (χ2n) is 6.16. The van der Waals surface area contributed by atoms with Crippen LogP contribution in [0.25, 0.3) is 11.3 Å². The van der Waals surface area contributed by atoms with Gasteiger partial charge in [0.1, 0.15) is 5.69 Å². The summed E-state index contributed by atoms with van der Waals surface area (Å²) in [5.74, 6) is -2.12. The van der Waals surface area contributed by atoms with Gasteiger partial charge in [-0.3, -0.25) is 14.4 Å². The maximum Gasteiger partial charge on any atom is 0.289 e. The lowest BCUT2D eigenvalue weighted by molar-refractivity contribution is -0.137. The molecule has 2 rings (SSSR count). The molecule has 2 amide bonds. The van der Waals surface area contributed by atoms with Gasteiger partial charge in [-0.2, -0.15) is 0 Å². The van der Waals surface area contributed by atoms with Crippen molar-refractivity contribution in [3.63, 3.8) is 0 Å². The first-order valence-corrected chi connectivity index (χ1v) is 7.97. The zero-order valence-corrected chi connectivity index (χ0v) is 14.4. The number of nitrogens with one attached hydrogen (secondary N) is 1. The molecular formula is C18H21N3O4. The van der Waals surface area contributed by atoms with Gasteiger partial charge in [-0.25, -0.2) is 4.98 Å². The Kier molecular flexibility index (Phi) is 5.69. The number of ketones is 1. The van der Waals surface area contributed by atoms with E-state index in [4.69, 9.17) is 10.2 Å². The van der Waals surface area contributed by atoms with E-state index < -0.39 is 23.6 Å². The lowest BCUT2D eigenvalue weighted by Gasteiger charge is -2.17. The number of carbonyl (C=O) groups is 3. The highest BCUT2D eigenvalue weighted by Gasteiger charge is 2.29. The van der Waals surface area contributed by atoms with Gasteiger partial charge in [0, 0.05) is 12.5 Å². The van der Waals surface area contributed by atoms with Gasteiger partial charge in [0.25, 0.3) is 11.8 Å². The van der Waals surface area contributed by atoms with E-state index in [1.165, 1.54) is 0 Å². The Balaban J connectivity index is 2.30. The molecule has 2 aromatic rings. The minimum atomic E-state index is -1.08. The van der Waals surface area contributed by atoms with E-state index >= 15 is 0 Å². The van der Waals surface area contributed by atoms with E-state index in [0.29, 0.717) is 23.6 Å². The van der Waals surface area contributed by atoms with E-state index in [1.54, 1.807) is 19.1 Å². The number of amides is 2. The number of primary amides is 1. The monoisotopic (exact) mass is 343 g/mol. The largest absolute Gasteiger partial charge is 0.435 e. The zero-order chi connectivity index (χ0) is 18.6. The first-order chi connectivity index (χ1) is 11.8. The highest BCUT2D eigenvalue weighted by Crippen LogP contribution is 2.24. The summed E-state index contributed by atoms with van der Waals surface area (Å²) in [5.41, 5.74) is 6.17. The number of nitrogens with two attached hydrogens (primary N) is 1. The molecule has 0 aliphatic carbocycles. The second kappa shape index (κ2) is 7.74. The molecule has 132 valence electrons. The summed E-state index contributed by atoms with van der Waals surface area (Å²) in [7, 11) is 0. The van der Waals surface area contributed by atoms with Gasteiger partial charge < -0.3 is 15.5 Å². The number of oxazole rings is 1. The summed E-state index contributed by atoms with van der Waals surface area (Å²) in [6, 6.07) is 8.08. The van der Waals surface area contributed by atoms with Gasteiger partial charge in [0.05, 0.1) is 6.04 Å². The Morgan fingerprint density at radius 1 is 1.20 bits per heavy atom. The van der Waals surface area contributed by atoms with Crippen molar-refractivity contribution in [2.75, 3.05) is 0 Å². The summed E-state index contributed by atoms with van der Waals surface area (Å²) < 4.78 is 5.43. The highest BCUT2D eigenvalue weighted by molar-refractivity contribution is 6.38. The number of aryl methyl sites for hydroxylation is 1. The van der Waals surface area contributed by atoms with Crippen molar-refractivity contribution in [3.8, 4) is 11.3 Å². The molecule has 1 aromatic heterocycles. The molecule has 1 heterocycles. The van der Waals surface area contributed by atoms with Crippen LogP contribution in [0.3, 0.4) is 0 Å². The molecule has 25 heavy (non-hydrogen) atoms. The van der Waals surface area contributed by atoms with Gasteiger partial charge >= 0.3 is 0 Å². The highest BCUT2D eigenvalue weighted by atomic mass is 16.4. The number of hydrogen-bond donors (Lipinski definition) is 2. The van der Waals surface area contributed by atoms with Crippen LogP contribution in [0.4, 0.5) is 0 Å². The predicted octanol–water partition coefficient (Wildman–Crippen LogP) is 1.85. The molecule has 1 atom stereocenters. The van der Waals surface area contributed by atoms with E-state index in [1.807, 2.05) is 32.0 Å². The fraction of sp³-hybridized carbons (Fsp3) is 0.333. The van der Waals surface area contributed by atoms with Crippen LogP contribution in [-0.2, 0) is 9.59 Å². The summed E-state index contributed by atoms with van der Waals surface area (Å²) in [4.78, 5) is 40.1. The standard InChI is InChI=1S/C18H21N3O4/c1-10(2)9-13(15(22)17(19)23)21-18(24)16-14(20-11(3)25-16)12-7-5-4-6-8-12/h4-8,10,13H,9H2,1-3H3,(H2,19,23)(H,21,24)/t13-/m0/s1. The Labute approximate surface area is 145 Å². The van der Waals surface area contributed by atoms with Crippen LogP contribution in [0, 0.1) is 12.8 Å². The van der Waals surface area contributed by atoms with Gasteiger partial charge in [-0.05, 0) is 12.3 Å². The van der Waals surface area contributed by atoms with Crippen molar-refractivity contribution in [2.45, 2.75) is 33.2 Å². The van der Waals surface area contributed by atoms with Crippen molar-refractivity contribution in [2.24, 2.45) is 11.7 Å². The molecule has 7 heteroatoms. The fourth-order valence-corrected chi connectivity index (χ4v) is 2.47. The first kappa shape index (κ1) is 18.4. The van der Waals surface area contributed by atoms with E-state index in [9.17, 15) is 14.4 Å². The quantitative estimate of drug-likeness (QED) is 0.744. The van der Waals surface area contributed by atoms with Crippen molar-refractivity contribution in [3.05, 3.63) is 42.0 Å². The molecule has 0 saturated carbocycles. The molecule has 0 fully saturated rings. The Morgan fingerprint density at radius 2 is 1.84 bits per heavy atom. The maximum absolute atomic E-state index is 12.6. The topological polar surface area (TPSA) is 115 Å². The zero-order valence-electron chi connectivity index (χ0n) is 14.4. The first-order valence-electron chi connectivity index (χ1n) is 7.97. The Hall–Kier alpha value is -2.96. The number of Topliss-reactive ketones (excluding diaryl/α,β-unsaturated/α-hetero) is 1. The molecule has 0 spiro atoms. The normalized spacial score (nSPS) is 12.0. The number of benzene rings is 1. The van der Waals surface area contributed by atoms with Crippen LogP contribution in [0.5, 0.6) is 0 Å². The predicted molar refractivity (Wildman–Crippen MR) is 91.6 cm³/mol. The van der Waals surface area contributed by atoms with Crippen LogP contribution >= 0.6 is 0 Å². The molecule has 0 aliphatic rings. The summed E-state index contributed by atoms with van der Waals surface area (Å²) in [6.45, 7) is 5.38. The molecule has 1 aromatic carbocycles. The van der Waals surface area contributed by atoms with Gasteiger partial charge in [-0.15, -0.1) is 0 Å². The Morgan fingerprint density at radius 3 is 2.40 bits per heavy atom. The molecule has 0 bridgehead atoms. The lowest BCUT2D eigenvalue weighted by Crippen LogP contribution is -2.46. The fourth-order valence-electron chi connectivity index (χ4n) is 2.47. The van der Waals surface area contributed by atoms with Crippen molar-refractivity contribution < 1.29 is 18.8 Å². The third-order valence-electron chi connectivity index (χ3n) is 3.56. The molecule has 0 aliphatic heterocycles. The molecule has 3 N–H and O–H groups in total. The SMILES string of the molecule is Cc1nc(-c2ccccc2)c(C(=O)N[C@@H](CC(C)C)C(=O)C(N)=O)o1. The number of nitrogens with zero attached hydrogens (tertiary/aromatic N) is 1. The minimum absolute atomic E-state index is 0.00488. The average molecular weight is 343 g/mol. The number of rotatable bonds is 7. The number of carbonyl (C=O) groups excluding carboxylic acids is 3. The van der Waals surface area contributed by atoms with E-state index in [2.05, 4.69) is 10.3 Å². The van der Waals surface area contributed by atoms with Crippen LogP contribution in [0.1, 0.15) is 36.7 Å². The van der Waals surface area contributed by atoms with Crippen LogP contribution in [-0.4, -0.2) is 28.6 Å². The minimum Gasteiger partial charge on any atom is -0.435 e. The molecular weight excluding hydrogens is 322 g/mol. The van der Waals surface area contributed by atoms with E-state index in [0.717, 1.165) is 0 Å². The van der Waals surface area contributed by atoms with Crippen LogP contribution in [0.15, 0.2) is 34.7 Å². The van der Waals surface area contributed by atoms with Crippen molar-refractivity contribution in [1.29, 1.82) is 0 Å². The van der Waals surface area contributed by atoms with Crippen LogP contribution < -0.4 is 11.1 Å². The average Bonchev–Trinajstić information content (AvgIpc) is 2.95. The smallest absolute Gasteiger partial charge is 0.289 e. The Bertz CT molecular complexity index is 781. The molecule has 0 unspecified atom stereocenters. The van der Waals surface area contributed by atoms with Crippen LogP contribution in [0.2, 0.25) is 0 Å². The third-order valence-corrected chi connectivity index (χ3v) is 3.56. The summed E-state index contributed by atoms with van der Waals surface area (Å²) in [6.07, 6.45) is 0.293. The molecule has 0 saturated heterocycles. The van der Waals surface area contributed by atoms with Crippen molar-refractivity contribution in [1.82, 2.24) is 10.3 Å². The number of aromatic nitrogens is 1. The molecule has 7 nitrogen and oxygen atoms in total. The maximum atomic E-state index is 12.6. The lowest BCUT2D eigenvalue weighted by atomic mass is 9.99. The summed E-state index contributed by atoms with van der Waals surface area (Å²) in [5, 5.41) is 2.55. The van der Waals surface area contributed by atoms with Crippen molar-refractivity contribution >= 4 is 17.6 Å².